The number of ether oxygens (including phenoxy) is 1. The van der Waals surface area contributed by atoms with E-state index >= 15 is 0 Å². The number of hydrogen-bond acceptors (Lipinski definition) is 4. The fourth-order valence-corrected chi connectivity index (χ4v) is 1.95. The van der Waals surface area contributed by atoms with Crippen LogP contribution < -0.4 is 10.1 Å². The lowest BCUT2D eigenvalue weighted by Gasteiger charge is -2.10. The smallest absolute Gasteiger partial charge is 0.131 e. The van der Waals surface area contributed by atoms with E-state index in [-0.39, 0.29) is 0 Å². The summed E-state index contributed by atoms with van der Waals surface area (Å²) in [6.45, 7) is 2.12. The molecule has 1 aromatic carbocycles. The summed E-state index contributed by atoms with van der Waals surface area (Å²) in [5, 5.41) is 3.08. The van der Waals surface area contributed by atoms with Crippen LogP contribution >= 0.6 is 0 Å². The van der Waals surface area contributed by atoms with E-state index in [4.69, 9.17) is 4.74 Å². The minimum absolute atomic E-state index is 0.825. The molecule has 0 saturated heterocycles. The molecule has 0 fully saturated rings. The minimum atomic E-state index is 0.825. The molecular formula is C15H19N3O. The highest BCUT2D eigenvalue weighted by Crippen LogP contribution is 2.29. The van der Waals surface area contributed by atoms with Crippen molar-refractivity contribution in [3.8, 4) is 17.0 Å². The molecule has 0 spiro atoms. The van der Waals surface area contributed by atoms with Crippen molar-refractivity contribution >= 4 is 5.82 Å². The van der Waals surface area contributed by atoms with Gasteiger partial charge in [-0.1, -0.05) is 19.1 Å². The predicted octanol–water partition coefficient (Wildman–Crippen LogP) is 3.15. The molecule has 4 nitrogen and oxygen atoms in total. The van der Waals surface area contributed by atoms with Crippen molar-refractivity contribution in [2.75, 3.05) is 19.5 Å². The second-order valence-corrected chi connectivity index (χ2v) is 4.25. The number of nitrogens with one attached hydrogen (secondary N) is 1. The highest BCUT2D eigenvalue weighted by Gasteiger charge is 2.09. The number of aryl methyl sites for hydroxylation is 1. The molecule has 0 aliphatic heterocycles. The topological polar surface area (TPSA) is 47.0 Å². The Morgan fingerprint density at radius 1 is 1.21 bits per heavy atom. The van der Waals surface area contributed by atoms with Crippen LogP contribution in [0.1, 0.15) is 19.2 Å². The Labute approximate surface area is 113 Å². The van der Waals surface area contributed by atoms with E-state index in [1.165, 1.54) is 0 Å². The summed E-state index contributed by atoms with van der Waals surface area (Å²) in [4.78, 5) is 9.08. The maximum Gasteiger partial charge on any atom is 0.131 e. The molecule has 0 aliphatic rings. The summed E-state index contributed by atoms with van der Waals surface area (Å²) in [5.74, 6) is 2.51. The Morgan fingerprint density at radius 3 is 2.68 bits per heavy atom. The van der Waals surface area contributed by atoms with Crippen molar-refractivity contribution in [1.29, 1.82) is 0 Å². The number of hydrogen-bond donors (Lipinski definition) is 1. The molecule has 0 unspecified atom stereocenters. The third-order valence-corrected chi connectivity index (χ3v) is 2.89. The second-order valence-electron chi connectivity index (χ2n) is 4.25. The maximum atomic E-state index is 5.39. The van der Waals surface area contributed by atoms with Gasteiger partial charge in [0.05, 0.1) is 12.8 Å². The first-order valence-electron chi connectivity index (χ1n) is 6.47. The molecule has 0 atom stereocenters. The zero-order valence-electron chi connectivity index (χ0n) is 11.6. The fourth-order valence-electron chi connectivity index (χ4n) is 1.95. The summed E-state index contributed by atoms with van der Waals surface area (Å²) >= 11 is 0. The van der Waals surface area contributed by atoms with E-state index in [2.05, 4.69) is 22.2 Å². The molecule has 1 N–H and O–H groups in total. The van der Waals surface area contributed by atoms with Gasteiger partial charge in [0.1, 0.15) is 17.4 Å². The van der Waals surface area contributed by atoms with Crippen molar-refractivity contribution < 1.29 is 4.74 Å². The quantitative estimate of drug-likeness (QED) is 0.893. The maximum absolute atomic E-state index is 5.39. The summed E-state index contributed by atoms with van der Waals surface area (Å²) < 4.78 is 5.39. The van der Waals surface area contributed by atoms with Gasteiger partial charge in [-0.2, -0.15) is 0 Å². The minimum Gasteiger partial charge on any atom is -0.496 e. The summed E-state index contributed by atoms with van der Waals surface area (Å²) in [5.41, 5.74) is 1.88. The zero-order valence-corrected chi connectivity index (χ0v) is 11.6. The molecule has 0 amide bonds. The molecular weight excluding hydrogens is 238 g/mol. The fraction of sp³-hybridized carbons (Fsp3) is 0.333. The Bertz CT molecular complexity index is 555. The number of methoxy groups -OCH3 is 1. The number of anilines is 1. The largest absolute Gasteiger partial charge is 0.496 e. The molecule has 0 bridgehead atoms. The van der Waals surface area contributed by atoms with Gasteiger partial charge in [-0.3, -0.25) is 0 Å². The van der Waals surface area contributed by atoms with Crippen LogP contribution in [0.5, 0.6) is 5.75 Å². The molecule has 0 radical (unpaired) electrons. The van der Waals surface area contributed by atoms with E-state index in [0.29, 0.717) is 0 Å². The van der Waals surface area contributed by atoms with Crippen LogP contribution in [0.4, 0.5) is 5.82 Å². The van der Waals surface area contributed by atoms with Gasteiger partial charge >= 0.3 is 0 Å². The van der Waals surface area contributed by atoms with Gasteiger partial charge in [-0.25, -0.2) is 9.97 Å². The normalized spacial score (nSPS) is 10.3. The first kappa shape index (κ1) is 13.3. The monoisotopic (exact) mass is 257 g/mol. The predicted molar refractivity (Wildman–Crippen MR) is 77.6 cm³/mol. The molecule has 19 heavy (non-hydrogen) atoms. The zero-order chi connectivity index (χ0) is 13.7. The van der Waals surface area contributed by atoms with Crippen molar-refractivity contribution in [3.63, 3.8) is 0 Å². The number of nitrogens with zero attached hydrogens (tertiary/aromatic N) is 2. The molecule has 4 heteroatoms. The van der Waals surface area contributed by atoms with Crippen LogP contribution in [-0.2, 0) is 6.42 Å². The Hall–Kier alpha value is -2.10. The number of aromatic nitrogens is 2. The summed E-state index contributed by atoms with van der Waals surface area (Å²) in [6.07, 6.45) is 1.90. The van der Waals surface area contributed by atoms with E-state index in [1.807, 2.05) is 37.4 Å². The van der Waals surface area contributed by atoms with Crippen LogP contribution in [0.2, 0.25) is 0 Å². The molecule has 1 heterocycles. The van der Waals surface area contributed by atoms with Crippen molar-refractivity contribution in [3.05, 3.63) is 36.2 Å². The van der Waals surface area contributed by atoms with Crippen LogP contribution in [0.3, 0.4) is 0 Å². The highest BCUT2D eigenvalue weighted by atomic mass is 16.5. The third kappa shape index (κ3) is 3.02. The SMILES string of the molecule is CCCc1nc(NC)cc(-c2ccccc2OC)n1. The Kier molecular flexibility index (Phi) is 4.34. The second kappa shape index (κ2) is 6.18. The molecule has 0 aliphatic carbocycles. The van der Waals surface area contributed by atoms with Gasteiger partial charge in [0, 0.05) is 25.1 Å². The van der Waals surface area contributed by atoms with Gasteiger partial charge < -0.3 is 10.1 Å². The van der Waals surface area contributed by atoms with Gasteiger partial charge in [0.15, 0.2) is 0 Å². The Morgan fingerprint density at radius 2 is 2.00 bits per heavy atom. The number of rotatable bonds is 5. The number of para-hydroxylation sites is 1. The van der Waals surface area contributed by atoms with Gasteiger partial charge in [0.25, 0.3) is 0 Å². The molecule has 100 valence electrons. The average Bonchev–Trinajstić information content (AvgIpc) is 2.47. The van der Waals surface area contributed by atoms with Gasteiger partial charge in [-0.15, -0.1) is 0 Å². The van der Waals surface area contributed by atoms with Crippen molar-refractivity contribution in [2.45, 2.75) is 19.8 Å². The molecule has 0 saturated carbocycles. The van der Waals surface area contributed by atoms with Gasteiger partial charge in [-0.05, 0) is 18.6 Å². The van der Waals surface area contributed by atoms with Crippen LogP contribution in [0.15, 0.2) is 30.3 Å². The van der Waals surface area contributed by atoms with Crippen molar-refractivity contribution in [1.82, 2.24) is 9.97 Å². The first-order valence-corrected chi connectivity index (χ1v) is 6.47. The third-order valence-electron chi connectivity index (χ3n) is 2.89. The standard InChI is InChI=1S/C15H19N3O/c1-4-7-14-17-12(10-15(16-2)18-14)11-8-5-6-9-13(11)19-3/h5-6,8-10H,4,7H2,1-3H3,(H,16,17,18). The highest BCUT2D eigenvalue weighted by molar-refractivity contribution is 5.69. The van der Waals surface area contributed by atoms with Crippen molar-refractivity contribution in [2.24, 2.45) is 0 Å². The molecule has 2 rings (SSSR count). The lowest BCUT2D eigenvalue weighted by atomic mass is 10.1. The first-order chi connectivity index (χ1) is 9.28. The lowest BCUT2D eigenvalue weighted by Crippen LogP contribution is -2.02. The molecule has 1 aromatic heterocycles. The Balaban J connectivity index is 2.51. The lowest BCUT2D eigenvalue weighted by molar-refractivity contribution is 0.416. The van der Waals surface area contributed by atoms with Crippen LogP contribution in [0.25, 0.3) is 11.3 Å². The van der Waals surface area contributed by atoms with E-state index in [9.17, 15) is 0 Å². The summed E-state index contributed by atoms with van der Waals surface area (Å²) in [7, 11) is 3.54. The van der Waals surface area contributed by atoms with E-state index in [1.54, 1.807) is 7.11 Å². The average molecular weight is 257 g/mol. The van der Waals surface area contributed by atoms with Crippen LogP contribution in [-0.4, -0.2) is 24.1 Å². The van der Waals surface area contributed by atoms with Crippen LogP contribution in [0, 0.1) is 0 Å². The van der Waals surface area contributed by atoms with E-state index in [0.717, 1.165) is 41.5 Å². The molecule has 2 aromatic rings. The summed E-state index contributed by atoms with van der Waals surface area (Å²) in [6, 6.07) is 9.83. The van der Waals surface area contributed by atoms with E-state index < -0.39 is 0 Å². The number of benzene rings is 1. The van der Waals surface area contributed by atoms with Gasteiger partial charge in [0.2, 0.25) is 0 Å².